The van der Waals surface area contributed by atoms with Crippen molar-refractivity contribution in [2.45, 2.75) is 70.8 Å². The Morgan fingerprint density at radius 1 is 1.22 bits per heavy atom. The van der Waals surface area contributed by atoms with Gasteiger partial charge in [-0.15, -0.1) is 0 Å². The number of ether oxygens (including phenoxy) is 1. The largest absolute Gasteiger partial charge is 0.508 e. The minimum absolute atomic E-state index is 0.387. The minimum Gasteiger partial charge on any atom is -0.508 e. The second kappa shape index (κ2) is 5.51. The maximum absolute atomic E-state index is 10.2. The first-order valence-corrected chi connectivity index (χ1v) is 9.46. The van der Waals surface area contributed by atoms with Crippen LogP contribution in [0.25, 0.3) is 0 Å². The normalized spacial score (nSPS) is 38.7. The highest BCUT2D eigenvalue weighted by molar-refractivity contribution is 5.45. The quantitative estimate of drug-likeness (QED) is 0.847. The second-order valence-electron chi connectivity index (χ2n) is 8.29. The van der Waals surface area contributed by atoms with E-state index in [2.05, 4.69) is 26.0 Å². The summed E-state index contributed by atoms with van der Waals surface area (Å²) in [5, 5.41) is 10.2. The maximum Gasteiger partial charge on any atom is 0.119 e. The highest BCUT2D eigenvalue weighted by atomic mass is 16.5. The number of fused-ring (bicyclic) bond motifs is 5. The summed E-state index contributed by atoms with van der Waals surface area (Å²) in [6.45, 7) is 4.62. The summed E-state index contributed by atoms with van der Waals surface area (Å²) in [7, 11) is 1.90. The molecule has 23 heavy (non-hydrogen) atoms. The van der Waals surface area contributed by atoms with Crippen LogP contribution in [-0.4, -0.2) is 18.3 Å². The monoisotopic (exact) mass is 314 g/mol. The molecular weight excluding hydrogens is 284 g/mol. The number of phenols is 1. The zero-order chi connectivity index (χ0) is 16.2. The molecule has 2 nitrogen and oxygen atoms in total. The van der Waals surface area contributed by atoms with E-state index < -0.39 is 0 Å². The number of aromatic hydroxyl groups is 1. The predicted octanol–water partition coefficient (Wildman–Crippen LogP) is 4.83. The van der Waals surface area contributed by atoms with Crippen molar-refractivity contribution in [1.82, 2.24) is 0 Å². The van der Waals surface area contributed by atoms with Gasteiger partial charge in [0, 0.05) is 7.11 Å². The number of methoxy groups -OCH3 is 1. The molecular formula is C21H30O2. The standard InChI is InChI=1S/C21H30O2/c1-4-13-11-17-14(12-19(13)22)5-6-16-15(17)9-10-21(2)18(16)7-8-20(21)23-3/h11-12,15-16,18,20,22H,4-10H2,1-3H3/t15-,16+,18-,20-,21-/m0/s1. The van der Waals surface area contributed by atoms with Crippen LogP contribution in [-0.2, 0) is 17.6 Å². The Balaban J connectivity index is 1.70. The van der Waals surface area contributed by atoms with Crippen molar-refractivity contribution in [2.75, 3.05) is 7.11 Å². The number of phenolic OH excluding ortho intramolecular Hbond substituents is 1. The van der Waals surface area contributed by atoms with Crippen LogP contribution < -0.4 is 0 Å². The van der Waals surface area contributed by atoms with Gasteiger partial charge in [0.15, 0.2) is 0 Å². The molecule has 5 atom stereocenters. The van der Waals surface area contributed by atoms with Crippen LogP contribution in [0.15, 0.2) is 12.1 Å². The van der Waals surface area contributed by atoms with E-state index in [1.807, 2.05) is 7.11 Å². The molecule has 2 heteroatoms. The lowest BCUT2D eigenvalue weighted by Crippen LogP contribution is -2.44. The van der Waals surface area contributed by atoms with E-state index in [9.17, 15) is 5.11 Å². The van der Waals surface area contributed by atoms with Gasteiger partial charge in [0.2, 0.25) is 0 Å². The number of benzene rings is 1. The minimum atomic E-state index is 0.387. The fourth-order valence-corrected chi connectivity index (χ4v) is 6.28. The van der Waals surface area contributed by atoms with Gasteiger partial charge in [-0.3, -0.25) is 0 Å². The summed E-state index contributed by atoms with van der Waals surface area (Å²) >= 11 is 0. The molecule has 0 aliphatic heterocycles. The average molecular weight is 314 g/mol. The molecule has 1 N–H and O–H groups in total. The average Bonchev–Trinajstić information content (AvgIpc) is 2.90. The number of rotatable bonds is 2. The SMILES string of the molecule is CCc1cc2c(cc1O)CC[C@@H]1[C@@H]2CC[C@]2(C)[C@@H](OC)CC[C@@H]12. The van der Waals surface area contributed by atoms with Crippen molar-refractivity contribution in [3.05, 3.63) is 28.8 Å². The van der Waals surface area contributed by atoms with Gasteiger partial charge < -0.3 is 9.84 Å². The Morgan fingerprint density at radius 3 is 2.78 bits per heavy atom. The van der Waals surface area contributed by atoms with Crippen LogP contribution >= 0.6 is 0 Å². The molecule has 4 rings (SSSR count). The van der Waals surface area contributed by atoms with Crippen molar-refractivity contribution in [3.8, 4) is 5.75 Å². The molecule has 0 spiro atoms. The highest BCUT2D eigenvalue weighted by Crippen LogP contribution is 2.61. The van der Waals surface area contributed by atoms with Gasteiger partial charge in [-0.25, -0.2) is 0 Å². The van der Waals surface area contributed by atoms with Gasteiger partial charge in [0.25, 0.3) is 0 Å². The van der Waals surface area contributed by atoms with E-state index >= 15 is 0 Å². The Hall–Kier alpha value is -1.02. The molecule has 0 unspecified atom stereocenters. The van der Waals surface area contributed by atoms with E-state index in [1.54, 1.807) is 5.56 Å². The van der Waals surface area contributed by atoms with E-state index in [4.69, 9.17) is 4.74 Å². The zero-order valence-electron chi connectivity index (χ0n) is 14.8. The lowest BCUT2D eigenvalue weighted by Gasteiger charge is -2.50. The van der Waals surface area contributed by atoms with Crippen molar-refractivity contribution < 1.29 is 9.84 Å². The fourth-order valence-electron chi connectivity index (χ4n) is 6.28. The third-order valence-corrected chi connectivity index (χ3v) is 7.50. The third kappa shape index (κ3) is 2.17. The summed E-state index contributed by atoms with van der Waals surface area (Å²) in [5.41, 5.74) is 4.47. The van der Waals surface area contributed by atoms with Crippen LogP contribution in [0.5, 0.6) is 5.75 Å². The van der Waals surface area contributed by atoms with Crippen LogP contribution in [0.3, 0.4) is 0 Å². The summed E-state index contributed by atoms with van der Waals surface area (Å²) in [5.74, 6) is 2.85. The van der Waals surface area contributed by atoms with Gasteiger partial charge in [0.1, 0.15) is 5.75 Å². The van der Waals surface area contributed by atoms with Gasteiger partial charge in [-0.05, 0) is 90.9 Å². The molecule has 126 valence electrons. The van der Waals surface area contributed by atoms with Crippen molar-refractivity contribution in [1.29, 1.82) is 0 Å². The number of aryl methyl sites for hydroxylation is 2. The van der Waals surface area contributed by atoms with E-state index in [-0.39, 0.29) is 0 Å². The molecule has 3 aliphatic carbocycles. The lowest BCUT2D eigenvalue weighted by molar-refractivity contribution is -0.0444. The summed E-state index contributed by atoms with van der Waals surface area (Å²) in [4.78, 5) is 0. The van der Waals surface area contributed by atoms with E-state index in [1.165, 1.54) is 37.7 Å². The molecule has 0 amide bonds. The fraction of sp³-hybridized carbons (Fsp3) is 0.714. The van der Waals surface area contributed by atoms with Crippen LogP contribution in [0, 0.1) is 17.3 Å². The summed E-state index contributed by atoms with van der Waals surface area (Å²) in [6, 6.07) is 4.39. The smallest absolute Gasteiger partial charge is 0.119 e. The first-order chi connectivity index (χ1) is 11.1. The summed E-state index contributed by atoms with van der Waals surface area (Å²) in [6.07, 6.45) is 8.97. The zero-order valence-corrected chi connectivity index (χ0v) is 14.8. The first kappa shape index (κ1) is 15.5. The molecule has 0 heterocycles. The Labute approximate surface area is 140 Å². The Kier molecular flexibility index (Phi) is 3.72. The topological polar surface area (TPSA) is 29.5 Å². The Morgan fingerprint density at radius 2 is 2.04 bits per heavy atom. The number of hydrogen-bond acceptors (Lipinski definition) is 2. The summed E-state index contributed by atoms with van der Waals surface area (Å²) < 4.78 is 5.85. The molecule has 1 aromatic rings. The molecule has 0 bridgehead atoms. The van der Waals surface area contributed by atoms with Crippen molar-refractivity contribution in [2.24, 2.45) is 17.3 Å². The highest BCUT2D eigenvalue weighted by Gasteiger charge is 2.55. The van der Waals surface area contributed by atoms with Gasteiger partial charge in [0.05, 0.1) is 6.10 Å². The predicted molar refractivity (Wildman–Crippen MR) is 92.9 cm³/mol. The second-order valence-corrected chi connectivity index (χ2v) is 8.29. The van der Waals surface area contributed by atoms with Crippen molar-refractivity contribution >= 4 is 0 Å². The van der Waals surface area contributed by atoms with Gasteiger partial charge in [-0.2, -0.15) is 0 Å². The van der Waals surface area contributed by atoms with Crippen LogP contribution in [0.4, 0.5) is 0 Å². The van der Waals surface area contributed by atoms with Crippen LogP contribution in [0.1, 0.15) is 68.6 Å². The molecule has 0 radical (unpaired) electrons. The van der Waals surface area contributed by atoms with Gasteiger partial charge >= 0.3 is 0 Å². The molecule has 3 aliphatic rings. The maximum atomic E-state index is 10.2. The molecule has 0 aromatic heterocycles. The Bertz CT molecular complexity index is 608. The lowest BCUT2D eigenvalue weighted by atomic mass is 9.55. The van der Waals surface area contributed by atoms with E-state index in [0.717, 1.165) is 30.2 Å². The molecule has 0 saturated heterocycles. The van der Waals surface area contributed by atoms with Crippen molar-refractivity contribution in [3.63, 3.8) is 0 Å². The molecule has 2 saturated carbocycles. The first-order valence-electron chi connectivity index (χ1n) is 9.46. The third-order valence-electron chi connectivity index (χ3n) is 7.50. The number of hydrogen-bond donors (Lipinski definition) is 1. The molecule has 2 fully saturated rings. The molecule has 1 aromatic carbocycles. The van der Waals surface area contributed by atoms with Gasteiger partial charge in [-0.1, -0.05) is 19.9 Å². The van der Waals surface area contributed by atoms with E-state index in [0.29, 0.717) is 23.2 Å². The van der Waals surface area contributed by atoms with Crippen LogP contribution in [0.2, 0.25) is 0 Å².